The van der Waals surface area contributed by atoms with E-state index in [0.29, 0.717) is 14.8 Å². The summed E-state index contributed by atoms with van der Waals surface area (Å²) in [6.45, 7) is 0.0835. The lowest BCUT2D eigenvalue weighted by Crippen LogP contribution is -2.38. The average molecular weight is 427 g/mol. The van der Waals surface area contributed by atoms with Gasteiger partial charge in [-0.05, 0) is 29.8 Å². The zero-order valence-electron chi connectivity index (χ0n) is 13.9. The molecule has 6 nitrogen and oxygen atoms in total. The fourth-order valence-corrected chi connectivity index (χ4v) is 5.14. The van der Waals surface area contributed by atoms with Gasteiger partial charge in [0, 0.05) is 18.4 Å². The maximum atomic E-state index is 13.3. The minimum Gasteiger partial charge on any atom is -0.349 e. The molecule has 0 aromatic heterocycles. The van der Waals surface area contributed by atoms with Crippen molar-refractivity contribution in [2.24, 2.45) is 0 Å². The molecule has 1 saturated heterocycles. The van der Waals surface area contributed by atoms with E-state index >= 15 is 0 Å². The fourth-order valence-electron chi connectivity index (χ4n) is 2.60. The summed E-state index contributed by atoms with van der Waals surface area (Å²) in [6.07, 6.45) is 2.97. The second-order valence-electron chi connectivity index (χ2n) is 5.97. The summed E-state index contributed by atoms with van der Waals surface area (Å²) in [5.41, 5.74) is 0.544. The van der Waals surface area contributed by atoms with E-state index in [0.717, 1.165) is 17.2 Å². The van der Waals surface area contributed by atoms with Crippen molar-refractivity contribution in [3.63, 3.8) is 0 Å². The first-order valence-corrected chi connectivity index (χ1v) is 10.9. The van der Waals surface area contributed by atoms with Crippen LogP contribution >= 0.6 is 24.0 Å². The summed E-state index contributed by atoms with van der Waals surface area (Å²) in [7, 11) is -3.25. The van der Waals surface area contributed by atoms with Gasteiger partial charge in [0.05, 0.1) is 16.7 Å². The molecule has 2 heterocycles. The van der Waals surface area contributed by atoms with Crippen LogP contribution in [-0.2, 0) is 19.4 Å². The van der Waals surface area contributed by atoms with Crippen LogP contribution in [0.3, 0.4) is 0 Å². The Morgan fingerprint density at radius 1 is 1.44 bits per heavy atom. The highest BCUT2D eigenvalue weighted by Gasteiger charge is 2.32. The molecule has 0 aliphatic carbocycles. The second-order valence-corrected chi connectivity index (χ2v) is 9.58. The highest BCUT2D eigenvalue weighted by atomic mass is 32.2. The summed E-state index contributed by atoms with van der Waals surface area (Å²) in [4.78, 5) is 26.2. The van der Waals surface area contributed by atoms with Gasteiger partial charge < -0.3 is 5.32 Å². The lowest BCUT2D eigenvalue weighted by Gasteiger charge is -2.15. The van der Waals surface area contributed by atoms with Crippen LogP contribution in [0.2, 0.25) is 0 Å². The number of hydrogen-bond acceptors (Lipinski definition) is 6. The molecular weight excluding hydrogens is 411 g/mol. The van der Waals surface area contributed by atoms with Crippen LogP contribution in [-0.4, -0.2) is 47.8 Å². The highest BCUT2D eigenvalue weighted by molar-refractivity contribution is 8.26. The third kappa shape index (κ3) is 5.02. The molecule has 3 rings (SSSR count). The summed E-state index contributed by atoms with van der Waals surface area (Å²) in [5.74, 6) is -1.27. The van der Waals surface area contributed by atoms with E-state index in [1.54, 1.807) is 18.2 Å². The van der Waals surface area contributed by atoms with Crippen LogP contribution < -0.4 is 5.32 Å². The molecular formula is C17H15FN2O4S3. The number of thioether (sulfide) groups is 1. The van der Waals surface area contributed by atoms with Gasteiger partial charge in [-0.3, -0.25) is 14.5 Å². The Kier molecular flexibility index (Phi) is 5.78. The molecule has 2 amide bonds. The van der Waals surface area contributed by atoms with Gasteiger partial charge in [0.15, 0.2) is 9.84 Å². The fraction of sp³-hybridized carbons (Fsp3) is 0.235. The van der Waals surface area contributed by atoms with E-state index in [2.05, 4.69) is 5.32 Å². The number of sulfone groups is 1. The van der Waals surface area contributed by atoms with Gasteiger partial charge in [-0.15, -0.1) is 0 Å². The summed E-state index contributed by atoms with van der Waals surface area (Å²) in [6, 6.07) is 5.28. The van der Waals surface area contributed by atoms with E-state index in [4.69, 9.17) is 12.2 Å². The first-order valence-electron chi connectivity index (χ1n) is 7.95. The molecule has 142 valence electrons. The number of hydrogen-bond donors (Lipinski definition) is 1. The van der Waals surface area contributed by atoms with Gasteiger partial charge in [-0.1, -0.05) is 36.1 Å². The third-order valence-electron chi connectivity index (χ3n) is 3.86. The van der Waals surface area contributed by atoms with Crippen molar-refractivity contribution in [3.8, 4) is 0 Å². The Hall–Kier alpha value is -2.04. The van der Waals surface area contributed by atoms with Crippen molar-refractivity contribution in [2.75, 3.05) is 12.3 Å². The molecule has 1 aromatic carbocycles. The van der Waals surface area contributed by atoms with E-state index in [-0.39, 0.29) is 30.5 Å². The third-order valence-corrected chi connectivity index (χ3v) is 6.63. The molecule has 1 N–H and O–H groups in total. The topological polar surface area (TPSA) is 83.6 Å². The molecule has 0 bridgehead atoms. The van der Waals surface area contributed by atoms with Crippen LogP contribution in [0.25, 0.3) is 6.08 Å². The maximum absolute atomic E-state index is 13.3. The van der Waals surface area contributed by atoms with Crippen LogP contribution in [0.4, 0.5) is 4.39 Å². The number of nitrogens with zero attached hydrogens (tertiary/aromatic N) is 1. The van der Waals surface area contributed by atoms with Crippen molar-refractivity contribution < 1.29 is 22.4 Å². The van der Waals surface area contributed by atoms with Gasteiger partial charge in [0.1, 0.15) is 10.1 Å². The number of halogens is 1. The predicted octanol–water partition coefficient (Wildman–Crippen LogP) is 1.84. The Balaban J connectivity index is 1.58. The van der Waals surface area contributed by atoms with Crippen molar-refractivity contribution in [3.05, 3.63) is 52.0 Å². The van der Waals surface area contributed by atoms with Crippen LogP contribution in [0.15, 0.2) is 40.7 Å². The van der Waals surface area contributed by atoms with Gasteiger partial charge in [0.25, 0.3) is 5.91 Å². The van der Waals surface area contributed by atoms with Crippen molar-refractivity contribution in [1.29, 1.82) is 0 Å². The number of rotatable bonds is 5. The minimum absolute atomic E-state index is 0.00985. The van der Waals surface area contributed by atoms with Gasteiger partial charge in [-0.25, -0.2) is 12.8 Å². The molecule has 0 saturated carbocycles. The van der Waals surface area contributed by atoms with E-state index in [1.165, 1.54) is 23.1 Å². The number of carbonyl (C=O) groups is 2. The van der Waals surface area contributed by atoms with Gasteiger partial charge in [0.2, 0.25) is 5.91 Å². The summed E-state index contributed by atoms with van der Waals surface area (Å²) >= 11 is 6.28. The van der Waals surface area contributed by atoms with Crippen molar-refractivity contribution >= 4 is 56.0 Å². The smallest absolute Gasteiger partial charge is 0.266 e. The van der Waals surface area contributed by atoms with Crippen molar-refractivity contribution in [2.45, 2.75) is 12.5 Å². The van der Waals surface area contributed by atoms with E-state index in [9.17, 15) is 22.4 Å². The Morgan fingerprint density at radius 2 is 2.22 bits per heavy atom. The standard InChI is InChI=1S/C17H15FN2O4S3/c18-12-3-1-2-11(8-12)9-14-16(22)20(17(25)26-14)6-4-15(21)19-13-5-7-27(23,24)10-13/h1-3,5,7-9,13H,4,6,10H2,(H,19,21)/b14-9-/t13-/m1/s1. The highest BCUT2D eigenvalue weighted by Crippen LogP contribution is 2.32. The first-order chi connectivity index (χ1) is 12.7. The normalized spacial score (nSPS) is 22.6. The molecule has 0 spiro atoms. The molecule has 0 unspecified atom stereocenters. The Bertz CT molecular complexity index is 972. The Morgan fingerprint density at radius 3 is 2.89 bits per heavy atom. The van der Waals surface area contributed by atoms with Gasteiger partial charge in [-0.2, -0.15) is 0 Å². The molecule has 1 fully saturated rings. The summed E-state index contributed by atoms with van der Waals surface area (Å²) < 4.78 is 36.3. The van der Waals surface area contributed by atoms with Crippen LogP contribution in [0.1, 0.15) is 12.0 Å². The minimum atomic E-state index is -3.25. The van der Waals surface area contributed by atoms with E-state index < -0.39 is 21.7 Å². The molecule has 1 atom stereocenters. The average Bonchev–Trinajstić information content (AvgIpc) is 3.05. The zero-order valence-corrected chi connectivity index (χ0v) is 16.4. The Labute approximate surface area is 165 Å². The lowest BCUT2D eigenvalue weighted by atomic mass is 10.2. The zero-order chi connectivity index (χ0) is 19.6. The molecule has 0 radical (unpaired) electrons. The molecule has 27 heavy (non-hydrogen) atoms. The first kappa shape index (κ1) is 19.7. The number of benzene rings is 1. The maximum Gasteiger partial charge on any atom is 0.266 e. The molecule has 1 aromatic rings. The number of carbonyl (C=O) groups excluding carboxylic acids is 2. The van der Waals surface area contributed by atoms with Gasteiger partial charge >= 0.3 is 0 Å². The largest absolute Gasteiger partial charge is 0.349 e. The number of amides is 2. The monoisotopic (exact) mass is 426 g/mol. The van der Waals surface area contributed by atoms with E-state index in [1.807, 2.05) is 0 Å². The second kappa shape index (κ2) is 7.91. The van der Waals surface area contributed by atoms with Crippen molar-refractivity contribution in [1.82, 2.24) is 10.2 Å². The SMILES string of the molecule is O=C(CCN1C(=O)/C(=C/c2cccc(F)c2)SC1=S)N[C@@H]1C=CS(=O)(=O)C1. The molecule has 2 aliphatic rings. The summed E-state index contributed by atoms with van der Waals surface area (Å²) in [5, 5.41) is 3.68. The van der Waals surface area contributed by atoms with Crippen LogP contribution in [0, 0.1) is 5.82 Å². The quantitative estimate of drug-likeness (QED) is 0.572. The lowest BCUT2D eigenvalue weighted by molar-refractivity contribution is -0.124. The van der Waals surface area contributed by atoms with Crippen LogP contribution in [0.5, 0.6) is 0 Å². The number of thiocarbonyl (C=S) groups is 1. The molecule has 10 heteroatoms. The molecule has 2 aliphatic heterocycles. The predicted molar refractivity (Wildman–Crippen MR) is 106 cm³/mol. The number of nitrogens with one attached hydrogen (secondary N) is 1.